The Kier molecular flexibility index (Phi) is 31.8. The number of carboxylic acids is 4. The number of carbonyl (C=O) groups excluding carboxylic acids is 3. The van der Waals surface area contributed by atoms with Gasteiger partial charge in [0.15, 0.2) is 6.10 Å². The van der Waals surface area contributed by atoms with E-state index in [0.29, 0.717) is 12.8 Å². The topological polar surface area (TPSA) is 284 Å². The zero-order chi connectivity index (χ0) is 48.5. The van der Waals surface area contributed by atoms with E-state index in [4.69, 9.17) is 18.5 Å². The maximum Gasteiger partial charge on any atom is 0.472 e. The van der Waals surface area contributed by atoms with E-state index in [1.54, 1.807) is 0 Å². The number of ketones is 1. The number of hydrogen-bond donors (Lipinski definition) is 5. The normalized spacial score (nSPS) is 15.8. The largest absolute Gasteiger partial charge is 0.480 e. The molecule has 20 nitrogen and oxygen atoms in total. The maximum absolute atomic E-state index is 12.8. The summed E-state index contributed by atoms with van der Waals surface area (Å²) >= 11 is 0. The highest BCUT2D eigenvalue weighted by molar-refractivity contribution is 7.47. The van der Waals surface area contributed by atoms with Gasteiger partial charge in [0, 0.05) is 57.4 Å². The first-order valence-corrected chi connectivity index (χ1v) is 24.9. The molecular weight excluding hydrogens is 873 g/mol. The molecular formula is C44H78N3O17P. The molecule has 0 bridgehead atoms. The third-order valence-corrected chi connectivity index (χ3v) is 12.1. The van der Waals surface area contributed by atoms with Crippen LogP contribution in [0.2, 0.25) is 0 Å². The highest BCUT2D eigenvalue weighted by Crippen LogP contribution is 2.43. The summed E-state index contributed by atoms with van der Waals surface area (Å²) in [4.78, 5) is 99.7. The summed E-state index contributed by atoms with van der Waals surface area (Å²) in [6.45, 7) is 0.873. The first-order chi connectivity index (χ1) is 30.9. The minimum absolute atomic E-state index is 0.0401. The molecule has 0 aromatic heterocycles. The van der Waals surface area contributed by atoms with E-state index in [1.807, 2.05) is 0 Å². The van der Waals surface area contributed by atoms with Gasteiger partial charge in [-0.1, -0.05) is 97.3 Å². The van der Waals surface area contributed by atoms with Crippen LogP contribution in [0.3, 0.4) is 0 Å². The molecule has 0 amide bonds. The van der Waals surface area contributed by atoms with Crippen molar-refractivity contribution >= 4 is 49.4 Å². The fourth-order valence-corrected chi connectivity index (χ4v) is 8.64. The lowest BCUT2D eigenvalue weighted by Crippen LogP contribution is -2.62. The molecule has 1 rings (SSSR count). The average Bonchev–Trinajstić information content (AvgIpc) is 3.39. The highest BCUT2D eigenvalue weighted by atomic mass is 31.2. The fraction of sp³-hybridized carbons (Fsp3) is 0.841. The summed E-state index contributed by atoms with van der Waals surface area (Å²) in [7, 11) is -4.69. The molecule has 0 aromatic carbocycles. The van der Waals surface area contributed by atoms with Crippen molar-refractivity contribution in [1.29, 1.82) is 0 Å². The minimum Gasteiger partial charge on any atom is -0.480 e. The monoisotopic (exact) mass is 952 g/mol. The molecule has 0 aliphatic carbocycles. The van der Waals surface area contributed by atoms with Crippen LogP contribution in [0, 0.1) is 0 Å². The van der Waals surface area contributed by atoms with Gasteiger partial charge in [-0.2, -0.15) is 0 Å². The van der Waals surface area contributed by atoms with E-state index in [0.717, 1.165) is 70.6 Å². The van der Waals surface area contributed by atoms with E-state index in [9.17, 15) is 63.4 Å². The van der Waals surface area contributed by atoms with Crippen LogP contribution < -0.4 is 0 Å². The van der Waals surface area contributed by atoms with Crippen LogP contribution in [0.1, 0.15) is 155 Å². The number of rotatable bonds is 41. The Morgan fingerprint density at radius 3 is 1.54 bits per heavy atom. The van der Waals surface area contributed by atoms with Gasteiger partial charge >= 0.3 is 43.6 Å². The van der Waals surface area contributed by atoms with Crippen molar-refractivity contribution in [2.75, 3.05) is 72.2 Å². The Balaban J connectivity index is 2.78. The Labute approximate surface area is 384 Å². The number of esters is 2. The Morgan fingerprint density at radius 1 is 0.585 bits per heavy atom. The lowest BCUT2D eigenvalue weighted by Gasteiger charge is -2.45. The predicted molar refractivity (Wildman–Crippen MR) is 238 cm³/mol. The van der Waals surface area contributed by atoms with Gasteiger partial charge in [-0.05, 0) is 32.1 Å². The van der Waals surface area contributed by atoms with Crippen molar-refractivity contribution < 1.29 is 82.0 Å². The molecule has 2 unspecified atom stereocenters. The average molecular weight is 952 g/mol. The summed E-state index contributed by atoms with van der Waals surface area (Å²) in [5.74, 6) is -6.25. The quantitative estimate of drug-likeness (QED) is 0.0276. The molecule has 1 aliphatic rings. The van der Waals surface area contributed by atoms with E-state index >= 15 is 0 Å². The van der Waals surface area contributed by atoms with E-state index in [1.165, 1.54) is 21.1 Å². The summed E-state index contributed by atoms with van der Waals surface area (Å²) in [5.41, 5.74) is -1.29. The van der Waals surface area contributed by atoms with Gasteiger partial charge in [0.05, 0.1) is 39.4 Å². The molecule has 1 fully saturated rings. The number of carboxylic acid groups (broad SMARTS) is 4. The van der Waals surface area contributed by atoms with Crippen LogP contribution in [0.5, 0.6) is 0 Å². The van der Waals surface area contributed by atoms with Gasteiger partial charge in [-0.15, -0.1) is 0 Å². The number of carbonyl (C=O) groups is 7. The van der Waals surface area contributed by atoms with Crippen LogP contribution in [-0.4, -0.2) is 165 Å². The Hall–Kier alpha value is -3.52. The van der Waals surface area contributed by atoms with Crippen LogP contribution >= 0.6 is 7.82 Å². The van der Waals surface area contributed by atoms with Gasteiger partial charge in [-0.3, -0.25) is 57.3 Å². The number of ether oxygens (including phenoxy) is 2. The number of unbranched alkanes of at least 4 members (excludes halogenated alkanes) is 13. The molecule has 5 N–H and O–H groups in total. The number of aliphatic carboxylic acids is 4. The fourth-order valence-electron chi connectivity index (χ4n) is 7.85. The number of phosphoric acid groups is 1. The zero-order valence-corrected chi connectivity index (χ0v) is 39.7. The van der Waals surface area contributed by atoms with Crippen molar-refractivity contribution in [2.24, 2.45) is 0 Å². The molecule has 376 valence electrons. The van der Waals surface area contributed by atoms with E-state index in [2.05, 4.69) is 13.8 Å². The second-order valence-corrected chi connectivity index (χ2v) is 18.5. The smallest absolute Gasteiger partial charge is 0.472 e. The Bertz CT molecular complexity index is 1440. The summed E-state index contributed by atoms with van der Waals surface area (Å²) in [6, 6.07) is 0. The highest BCUT2D eigenvalue weighted by Gasteiger charge is 2.43. The molecule has 1 aliphatic heterocycles. The third kappa shape index (κ3) is 30.4. The lowest BCUT2D eigenvalue weighted by molar-refractivity contribution is -0.161. The van der Waals surface area contributed by atoms with Crippen molar-refractivity contribution in [3.8, 4) is 0 Å². The minimum atomic E-state index is -4.69. The van der Waals surface area contributed by atoms with Crippen LogP contribution in [0.25, 0.3) is 0 Å². The second-order valence-electron chi connectivity index (χ2n) is 17.1. The predicted octanol–water partition coefficient (Wildman–Crippen LogP) is 5.76. The third-order valence-electron chi connectivity index (χ3n) is 11.1. The van der Waals surface area contributed by atoms with Crippen molar-refractivity contribution in [1.82, 2.24) is 14.7 Å². The summed E-state index contributed by atoms with van der Waals surface area (Å²) in [6.07, 6.45) is 14.0. The second kappa shape index (κ2) is 34.7. The van der Waals surface area contributed by atoms with E-state index in [-0.39, 0.29) is 96.5 Å². The number of phosphoric ester groups is 1. The van der Waals surface area contributed by atoms with Gasteiger partial charge in [0.25, 0.3) is 0 Å². The van der Waals surface area contributed by atoms with Crippen LogP contribution in [0.15, 0.2) is 0 Å². The molecule has 1 heterocycles. The number of hydrogen-bond acceptors (Lipinski definition) is 15. The van der Waals surface area contributed by atoms with Gasteiger partial charge in [0.2, 0.25) is 0 Å². The molecule has 65 heavy (non-hydrogen) atoms. The molecule has 0 spiro atoms. The van der Waals surface area contributed by atoms with Gasteiger partial charge in [0.1, 0.15) is 12.4 Å². The molecule has 0 aromatic rings. The van der Waals surface area contributed by atoms with Crippen molar-refractivity contribution in [3.63, 3.8) is 0 Å². The van der Waals surface area contributed by atoms with Crippen LogP contribution in [-0.2, 0) is 56.6 Å². The molecule has 0 saturated carbocycles. The summed E-state index contributed by atoms with van der Waals surface area (Å²) in [5, 5.41) is 38.4. The molecule has 21 heteroatoms. The van der Waals surface area contributed by atoms with E-state index < -0.39 is 88.1 Å². The first-order valence-electron chi connectivity index (χ1n) is 23.5. The number of nitrogens with zero attached hydrogens (tertiary/aromatic N) is 3. The Morgan fingerprint density at radius 2 is 1.05 bits per heavy atom. The maximum atomic E-state index is 12.8. The molecule has 0 radical (unpaired) electrons. The summed E-state index contributed by atoms with van der Waals surface area (Å²) < 4.78 is 33.8. The number of Topliss-reactive ketones (excluding diaryl/α,β-unsaturated/α-hetero) is 1. The lowest BCUT2D eigenvalue weighted by atomic mass is 9.88. The SMILES string of the molecule is CCCCCCCCCC(=O)OCC(COP(=O)(O)OCCCC(=O)CCCCC1(N(CC(=O)O)CC(=O)O)CN(CC(=O)O)CCN(CC(=O)O)C1)OC(=O)CCCCCCCCC. The van der Waals surface area contributed by atoms with Crippen molar-refractivity contribution in [2.45, 2.75) is 167 Å². The zero-order valence-electron chi connectivity index (χ0n) is 38.8. The van der Waals surface area contributed by atoms with Crippen LogP contribution in [0.4, 0.5) is 0 Å². The first kappa shape index (κ1) is 59.5. The van der Waals surface area contributed by atoms with Gasteiger partial charge < -0.3 is 34.8 Å². The van der Waals surface area contributed by atoms with Gasteiger partial charge in [-0.25, -0.2) is 4.57 Å². The molecule has 1 saturated heterocycles. The molecule has 2 atom stereocenters. The standard InChI is InChI=1S/C44H78N3O17P/c1-3-5-7-9-11-13-15-22-42(57)61-32-37(64-43(58)23-16-14-12-10-8-6-4-2)33-63-65(59,60)62-27-19-21-36(48)20-17-18-24-44(47(30-40(53)54)31-41(55)56)34-45(28-38(49)50)25-26-46(35-44)29-39(51)52/h37H,3-35H2,1-2H3,(H,49,50)(H,51,52)(H,53,54)(H,55,56)(H,59,60). The van der Waals surface area contributed by atoms with Crippen molar-refractivity contribution in [3.05, 3.63) is 0 Å².